The Morgan fingerprint density at radius 1 is 0.889 bits per heavy atom. The number of rotatable bonds is 4. The van der Waals surface area contributed by atoms with Crippen molar-refractivity contribution in [1.29, 1.82) is 0 Å². The predicted octanol–water partition coefficient (Wildman–Crippen LogP) is 4.46. The molecule has 0 bridgehead atoms. The van der Waals surface area contributed by atoms with Crippen LogP contribution in [0.5, 0.6) is 0 Å². The Morgan fingerprint density at radius 2 is 1.28 bits per heavy atom. The largest absolute Gasteiger partial charge is 0.282 e. The molecule has 0 N–H and O–H groups in total. The fourth-order valence-electron chi connectivity index (χ4n) is 1.30. The van der Waals surface area contributed by atoms with Crippen LogP contribution < -0.4 is 0 Å². The smallest absolute Gasteiger partial charge is 0.258 e. The Balaban J connectivity index is 3.65. The highest BCUT2D eigenvalue weighted by molar-refractivity contribution is 6.45. The van der Waals surface area contributed by atoms with Gasteiger partial charge in [-0.3, -0.25) is 20.2 Å². The van der Waals surface area contributed by atoms with Crippen LogP contribution in [0.2, 0.25) is 0 Å². The zero-order valence-electron chi connectivity index (χ0n) is 8.35. The van der Waals surface area contributed by atoms with Gasteiger partial charge in [0.05, 0.1) is 9.85 Å². The Hall–Kier alpha value is -0.820. The standard InChI is InChI=1S/C8H4Cl4N2O4/c9-7(10)3-1-4(13(15)16)6(8(11)12)5(2-3)14(17)18/h1-2,7-8H. The Kier molecular flexibility index (Phi) is 4.98. The van der Waals surface area contributed by atoms with Crippen molar-refractivity contribution in [2.45, 2.75) is 9.67 Å². The van der Waals surface area contributed by atoms with Gasteiger partial charge in [-0.2, -0.15) is 0 Å². The van der Waals surface area contributed by atoms with Gasteiger partial charge in [0.1, 0.15) is 15.2 Å². The van der Waals surface area contributed by atoms with E-state index in [1.54, 1.807) is 0 Å². The summed E-state index contributed by atoms with van der Waals surface area (Å²) in [4.78, 5) is 17.5. The maximum absolute atomic E-state index is 10.9. The number of halogens is 4. The van der Waals surface area contributed by atoms with E-state index in [0.717, 1.165) is 12.1 Å². The van der Waals surface area contributed by atoms with E-state index in [-0.39, 0.29) is 5.56 Å². The summed E-state index contributed by atoms with van der Waals surface area (Å²) in [6.07, 6.45) is 0. The highest BCUT2D eigenvalue weighted by atomic mass is 35.5. The van der Waals surface area contributed by atoms with E-state index in [1.165, 1.54) is 0 Å². The number of nitrogens with zero attached hydrogens (tertiary/aromatic N) is 2. The minimum Gasteiger partial charge on any atom is -0.258 e. The molecule has 0 unspecified atom stereocenters. The van der Waals surface area contributed by atoms with Crippen molar-refractivity contribution in [1.82, 2.24) is 0 Å². The Labute approximate surface area is 121 Å². The van der Waals surface area contributed by atoms with Crippen molar-refractivity contribution in [2.24, 2.45) is 0 Å². The number of alkyl halides is 4. The number of hydrogen-bond acceptors (Lipinski definition) is 4. The number of nitro benzene ring substituents is 2. The van der Waals surface area contributed by atoms with Gasteiger partial charge in [0.2, 0.25) is 0 Å². The molecule has 0 aliphatic carbocycles. The maximum atomic E-state index is 10.9. The molecule has 98 valence electrons. The lowest BCUT2D eigenvalue weighted by Gasteiger charge is -2.08. The summed E-state index contributed by atoms with van der Waals surface area (Å²) >= 11 is 22.1. The summed E-state index contributed by atoms with van der Waals surface area (Å²) in [5.74, 6) is 0. The van der Waals surface area contributed by atoms with E-state index < -0.39 is 36.5 Å². The summed E-state index contributed by atoms with van der Waals surface area (Å²) in [6, 6.07) is 2.01. The third-order valence-corrected chi connectivity index (χ3v) is 2.96. The lowest BCUT2D eigenvalue weighted by Crippen LogP contribution is -2.02. The molecule has 0 fully saturated rings. The van der Waals surface area contributed by atoms with Gasteiger partial charge in [0.15, 0.2) is 0 Å². The SMILES string of the molecule is O=[N+]([O-])c1cc(C(Cl)Cl)cc([N+](=O)[O-])c1C(Cl)Cl. The van der Waals surface area contributed by atoms with Crippen molar-refractivity contribution in [2.75, 3.05) is 0 Å². The average molecular weight is 334 g/mol. The molecular formula is C8H4Cl4N2O4. The summed E-state index contributed by atoms with van der Waals surface area (Å²) < 4.78 is 0. The van der Waals surface area contributed by atoms with E-state index in [9.17, 15) is 20.2 Å². The predicted molar refractivity (Wildman–Crippen MR) is 68.6 cm³/mol. The van der Waals surface area contributed by atoms with Crippen LogP contribution in [0.25, 0.3) is 0 Å². The van der Waals surface area contributed by atoms with E-state index in [2.05, 4.69) is 0 Å². The van der Waals surface area contributed by atoms with Gasteiger partial charge in [-0.25, -0.2) is 0 Å². The first kappa shape index (κ1) is 15.2. The first-order chi connectivity index (χ1) is 8.25. The molecule has 0 aromatic heterocycles. The van der Waals surface area contributed by atoms with E-state index in [0.29, 0.717) is 0 Å². The van der Waals surface area contributed by atoms with Crippen LogP contribution in [-0.4, -0.2) is 9.85 Å². The molecule has 1 aromatic carbocycles. The lowest BCUT2D eigenvalue weighted by atomic mass is 10.1. The second-order valence-electron chi connectivity index (χ2n) is 3.09. The topological polar surface area (TPSA) is 86.3 Å². The van der Waals surface area contributed by atoms with Crippen LogP contribution in [0, 0.1) is 20.2 Å². The molecule has 0 saturated carbocycles. The van der Waals surface area contributed by atoms with Crippen molar-refractivity contribution < 1.29 is 9.85 Å². The third kappa shape index (κ3) is 3.14. The van der Waals surface area contributed by atoms with Gasteiger partial charge < -0.3 is 0 Å². The lowest BCUT2D eigenvalue weighted by molar-refractivity contribution is -0.395. The molecule has 6 nitrogen and oxygen atoms in total. The zero-order chi connectivity index (χ0) is 14.0. The summed E-state index contributed by atoms with van der Waals surface area (Å²) in [5, 5.41) is 21.7. The van der Waals surface area contributed by atoms with Gasteiger partial charge in [0, 0.05) is 12.1 Å². The van der Waals surface area contributed by atoms with Gasteiger partial charge in [-0.15, -0.1) is 23.2 Å². The first-order valence-corrected chi connectivity index (χ1v) is 6.03. The van der Waals surface area contributed by atoms with Crippen molar-refractivity contribution >= 4 is 57.8 Å². The Morgan fingerprint density at radius 3 is 1.50 bits per heavy atom. The van der Waals surface area contributed by atoms with E-state index in [1.807, 2.05) is 0 Å². The van der Waals surface area contributed by atoms with Crippen LogP contribution >= 0.6 is 46.4 Å². The summed E-state index contributed by atoms with van der Waals surface area (Å²) in [6.45, 7) is 0. The van der Waals surface area contributed by atoms with Gasteiger partial charge >= 0.3 is 0 Å². The molecule has 1 rings (SSSR count). The number of hydrogen-bond donors (Lipinski definition) is 0. The fourth-order valence-corrected chi connectivity index (χ4v) is 1.99. The minimum absolute atomic E-state index is 0.0227. The molecule has 1 aromatic rings. The number of nitro groups is 2. The molecule has 10 heteroatoms. The normalized spacial score (nSPS) is 11.0. The molecule has 0 aliphatic heterocycles. The second kappa shape index (κ2) is 5.88. The minimum atomic E-state index is -1.41. The molecule has 0 radical (unpaired) electrons. The third-order valence-electron chi connectivity index (χ3n) is 2.02. The quantitative estimate of drug-likeness (QED) is 0.462. The molecule has 0 saturated heterocycles. The van der Waals surface area contributed by atoms with Crippen LogP contribution in [-0.2, 0) is 0 Å². The van der Waals surface area contributed by atoms with Crippen molar-refractivity contribution in [3.8, 4) is 0 Å². The van der Waals surface area contributed by atoms with Crippen LogP contribution in [0.15, 0.2) is 12.1 Å². The molecule has 18 heavy (non-hydrogen) atoms. The van der Waals surface area contributed by atoms with Crippen LogP contribution in [0.1, 0.15) is 20.8 Å². The van der Waals surface area contributed by atoms with Gasteiger partial charge in [-0.05, 0) is 5.56 Å². The van der Waals surface area contributed by atoms with Gasteiger partial charge in [0.25, 0.3) is 11.4 Å². The highest BCUT2D eigenvalue weighted by Crippen LogP contribution is 2.42. The second-order valence-corrected chi connectivity index (χ2v) is 5.28. The zero-order valence-corrected chi connectivity index (χ0v) is 11.4. The van der Waals surface area contributed by atoms with Crippen molar-refractivity contribution in [3.05, 3.63) is 43.5 Å². The van der Waals surface area contributed by atoms with Crippen LogP contribution in [0.3, 0.4) is 0 Å². The monoisotopic (exact) mass is 332 g/mol. The fraction of sp³-hybridized carbons (Fsp3) is 0.250. The molecule has 0 amide bonds. The maximum Gasteiger partial charge on any atom is 0.282 e. The van der Waals surface area contributed by atoms with Crippen LogP contribution in [0.4, 0.5) is 11.4 Å². The van der Waals surface area contributed by atoms with E-state index >= 15 is 0 Å². The Bertz CT molecular complexity index is 471. The highest BCUT2D eigenvalue weighted by Gasteiger charge is 2.31. The van der Waals surface area contributed by atoms with Crippen molar-refractivity contribution in [3.63, 3.8) is 0 Å². The molecule has 0 heterocycles. The molecule has 0 atom stereocenters. The first-order valence-electron chi connectivity index (χ1n) is 4.28. The number of benzene rings is 1. The molecule has 0 spiro atoms. The van der Waals surface area contributed by atoms with Gasteiger partial charge in [-0.1, -0.05) is 23.2 Å². The summed E-state index contributed by atoms with van der Waals surface area (Å²) in [7, 11) is 0. The van der Waals surface area contributed by atoms with E-state index in [4.69, 9.17) is 46.4 Å². The summed E-state index contributed by atoms with van der Waals surface area (Å²) in [5.41, 5.74) is -1.57. The molecular weight excluding hydrogens is 330 g/mol. The average Bonchev–Trinajstić information content (AvgIpc) is 2.26. The molecule has 0 aliphatic rings.